The molecular formula is C27H36N6O6. The lowest BCUT2D eigenvalue weighted by Gasteiger charge is -2.35. The van der Waals surface area contributed by atoms with E-state index in [9.17, 15) is 24.0 Å². The van der Waals surface area contributed by atoms with Crippen LogP contribution in [0.2, 0.25) is 0 Å². The normalized spacial score (nSPS) is 18.7. The maximum Gasteiger partial charge on any atom is 0.410 e. The Morgan fingerprint density at radius 2 is 1.85 bits per heavy atom. The number of hydrogen-bond acceptors (Lipinski definition) is 8. The first-order valence-electron chi connectivity index (χ1n) is 13.3. The van der Waals surface area contributed by atoms with Gasteiger partial charge in [0.15, 0.2) is 0 Å². The zero-order chi connectivity index (χ0) is 28.3. The van der Waals surface area contributed by atoms with Gasteiger partial charge in [-0.05, 0) is 59.2 Å². The molecule has 12 heteroatoms. The molecule has 2 aliphatic rings. The summed E-state index contributed by atoms with van der Waals surface area (Å²) in [6.45, 7) is 10.5. The second-order valence-electron chi connectivity index (χ2n) is 11.0. The van der Waals surface area contributed by atoms with Crippen LogP contribution in [0.25, 0.3) is 10.9 Å². The van der Waals surface area contributed by atoms with Gasteiger partial charge in [-0.15, -0.1) is 0 Å². The first kappa shape index (κ1) is 28.2. The maximum atomic E-state index is 13.3. The van der Waals surface area contributed by atoms with Crippen LogP contribution in [-0.2, 0) is 19.1 Å². The Morgan fingerprint density at radius 3 is 2.51 bits per heavy atom. The van der Waals surface area contributed by atoms with E-state index < -0.39 is 23.1 Å². The van der Waals surface area contributed by atoms with Crippen molar-refractivity contribution in [1.82, 2.24) is 24.7 Å². The minimum absolute atomic E-state index is 0.149. The van der Waals surface area contributed by atoms with Gasteiger partial charge in [-0.1, -0.05) is 6.07 Å². The lowest BCUT2D eigenvalue weighted by molar-refractivity contribution is -0.135. The van der Waals surface area contributed by atoms with Gasteiger partial charge in [0.05, 0.1) is 11.1 Å². The molecular weight excluding hydrogens is 504 g/mol. The van der Waals surface area contributed by atoms with Gasteiger partial charge in [0.1, 0.15) is 23.0 Å². The van der Waals surface area contributed by atoms with E-state index in [1.165, 1.54) is 4.57 Å². The Morgan fingerprint density at radius 1 is 1.13 bits per heavy atom. The average Bonchev–Trinajstić information content (AvgIpc) is 2.85. The van der Waals surface area contributed by atoms with Crippen LogP contribution >= 0.6 is 0 Å². The highest BCUT2D eigenvalue weighted by molar-refractivity contribution is 6.01. The van der Waals surface area contributed by atoms with Crippen LogP contribution in [0.4, 0.5) is 10.5 Å². The van der Waals surface area contributed by atoms with E-state index in [4.69, 9.17) is 4.74 Å². The van der Waals surface area contributed by atoms with E-state index in [0.717, 1.165) is 6.54 Å². The summed E-state index contributed by atoms with van der Waals surface area (Å²) in [5.41, 5.74) is -0.132. The first-order valence-corrected chi connectivity index (χ1v) is 13.3. The van der Waals surface area contributed by atoms with Crippen molar-refractivity contribution in [3.63, 3.8) is 0 Å². The van der Waals surface area contributed by atoms with E-state index in [-0.39, 0.29) is 42.6 Å². The number of ether oxygens (including phenoxy) is 1. The number of para-hydroxylation sites is 1. The van der Waals surface area contributed by atoms with E-state index in [0.29, 0.717) is 49.6 Å². The summed E-state index contributed by atoms with van der Waals surface area (Å²) < 4.78 is 6.75. The van der Waals surface area contributed by atoms with Crippen molar-refractivity contribution in [3.05, 3.63) is 34.4 Å². The number of aromatic nitrogens is 2. The third-order valence-electron chi connectivity index (χ3n) is 6.81. The standard InChI is InChI=1S/C27H36N6O6/c1-17-28-23-18(25(37)33(17)20-10-11-22(35)30-24(20)36)7-5-8-19(23)29-21(34)9-6-12-31-13-15-32(16-14-31)26(38)39-27(2,3)4/h5,7-8,20H,6,9-16H2,1-4H3,(H,29,34)(H,30,35,36). The van der Waals surface area contributed by atoms with Crippen molar-refractivity contribution >= 4 is 40.4 Å². The van der Waals surface area contributed by atoms with Crippen LogP contribution in [0.1, 0.15) is 58.3 Å². The number of nitrogens with zero attached hydrogens (tertiary/aromatic N) is 4. The number of anilines is 1. The second-order valence-corrected chi connectivity index (χ2v) is 11.0. The first-order chi connectivity index (χ1) is 18.4. The van der Waals surface area contributed by atoms with Gasteiger partial charge in [0, 0.05) is 39.0 Å². The summed E-state index contributed by atoms with van der Waals surface area (Å²) in [5.74, 6) is -0.741. The summed E-state index contributed by atoms with van der Waals surface area (Å²) in [5, 5.41) is 5.43. The molecule has 39 heavy (non-hydrogen) atoms. The number of amides is 4. The number of benzene rings is 1. The number of rotatable bonds is 6. The topological polar surface area (TPSA) is 143 Å². The molecule has 2 fully saturated rings. The van der Waals surface area contributed by atoms with Gasteiger partial charge in [-0.25, -0.2) is 9.78 Å². The minimum atomic E-state index is -0.809. The SMILES string of the molecule is Cc1nc2c(NC(=O)CCCN3CCN(C(=O)OC(C)(C)C)CC3)cccc2c(=O)n1C1CCC(=O)NC1=O. The fraction of sp³-hybridized carbons (Fsp3) is 0.556. The Hall–Kier alpha value is -3.80. The molecule has 2 aromatic rings. The highest BCUT2D eigenvalue weighted by Crippen LogP contribution is 2.23. The molecule has 0 radical (unpaired) electrons. The summed E-state index contributed by atoms with van der Waals surface area (Å²) in [6, 6.07) is 4.16. The Kier molecular flexibility index (Phi) is 8.34. The van der Waals surface area contributed by atoms with Gasteiger partial charge in [0.2, 0.25) is 17.7 Å². The van der Waals surface area contributed by atoms with Crippen molar-refractivity contribution in [1.29, 1.82) is 0 Å². The van der Waals surface area contributed by atoms with E-state index in [1.807, 2.05) is 20.8 Å². The molecule has 210 valence electrons. The molecule has 1 aromatic carbocycles. The molecule has 3 heterocycles. The smallest absolute Gasteiger partial charge is 0.410 e. The second kappa shape index (κ2) is 11.5. The van der Waals surface area contributed by atoms with Crippen molar-refractivity contribution in [2.24, 2.45) is 0 Å². The quantitative estimate of drug-likeness (QED) is 0.530. The summed E-state index contributed by atoms with van der Waals surface area (Å²) in [7, 11) is 0. The maximum absolute atomic E-state index is 13.3. The van der Waals surface area contributed by atoms with Crippen LogP contribution < -0.4 is 16.2 Å². The van der Waals surface area contributed by atoms with E-state index >= 15 is 0 Å². The molecule has 12 nitrogen and oxygen atoms in total. The van der Waals surface area contributed by atoms with Crippen LogP contribution in [0.5, 0.6) is 0 Å². The molecule has 0 saturated carbocycles. The molecule has 2 aliphatic heterocycles. The molecule has 4 rings (SSSR count). The highest BCUT2D eigenvalue weighted by atomic mass is 16.6. The number of imide groups is 1. The molecule has 1 atom stereocenters. The number of nitrogens with one attached hydrogen (secondary N) is 2. The molecule has 0 spiro atoms. The number of carbonyl (C=O) groups excluding carboxylic acids is 4. The number of piperazine rings is 1. The molecule has 2 saturated heterocycles. The van der Waals surface area contributed by atoms with Crippen molar-refractivity contribution in [3.8, 4) is 0 Å². The van der Waals surface area contributed by atoms with Crippen molar-refractivity contribution in [2.75, 3.05) is 38.0 Å². The zero-order valence-electron chi connectivity index (χ0n) is 22.9. The highest BCUT2D eigenvalue weighted by Gasteiger charge is 2.31. The molecule has 2 N–H and O–H groups in total. The van der Waals surface area contributed by atoms with Crippen LogP contribution in [0.15, 0.2) is 23.0 Å². The number of hydrogen-bond donors (Lipinski definition) is 2. The Balaban J connectivity index is 1.34. The fourth-order valence-electron chi connectivity index (χ4n) is 4.88. The minimum Gasteiger partial charge on any atom is -0.444 e. The van der Waals surface area contributed by atoms with Gasteiger partial charge in [-0.2, -0.15) is 0 Å². The fourth-order valence-corrected chi connectivity index (χ4v) is 4.88. The summed E-state index contributed by atoms with van der Waals surface area (Å²) in [6.07, 6.45) is 0.998. The number of fused-ring (bicyclic) bond motifs is 1. The Labute approximate surface area is 226 Å². The van der Waals surface area contributed by atoms with Gasteiger partial charge in [0.25, 0.3) is 5.56 Å². The molecule has 4 amide bonds. The predicted molar refractivity (Wildman–Crippen MR) is 144 cm³/mol. The monoisotopic (exact) mass is 540 g/mol. The van der Waals surface area contributed by atoms with Gasteiger partial charge >= 0.3 is 6.09 Å². The number of piperidine rings is 1. The van der Waals surface area contributed by atoms with E-state index in [2.05, 4.69) is 20.5 Å². The predicted octanol–water partition coefficient (Wildman–Crippen LogP) is 1.95. The van der Waals surface area contributed by atoms with Crippen LogP contribution in [0.3, 0.4) is 0 Å². The van der Waals surface area contributed by atoms with Gasteiger partial charge < -0.3 is 15.0 Å². The summed E-state index contributed by atoms with van der Waals surface area (Å²) in [4.78, 5) is 70.6. The van der Waals surface area contributed by atoms with Crippen molar-refractivity contribution in [2.45, 2.75) is 65.0 Å². The third kappa shape index (κ3) is 6.80. The lowest BCUT2D eigenvalue weighted by atomic mass is 10.1. The molecule has 1 unspecified atom stereocenters. The molecule has 0 bridgehead atoms. The van der Waals surface area contributed by atoms with Crippen molar-refractivity contribution < 1.29 is 23.9 Å². The lowest BCUT2D eigenvalue weighted by Crippen LogP contribution is -2.50. The number of carbonyl (C=O) groups is 4. The average molecular weight is 541 g/mol. The van der Waals surface area contributed by atoms with Gasteiger partial charge in [-0.3, -0.25) is 34.0 Å². The third-order valence-corrected chi connectivity index (χ3v) is 6.81. The molecule has 1 aromatic heterocycles. The Bertz CT molecular complexity index is 1340. The van der Waals surface area contributed by atoms with E-state index in [1.54, 1.807) is 30.0 Å². The molecule has 0 aliphatic carbocycles. The van der Waals surface area contributed by atoms with Crippen LogP contribution in [-0.4, -0.2) is 81.5 Å². The number of aryl methyl sites for hydroxylation is 1. The summed E-state index contributed by atoms with van der Waals surface area (Å²) >= 11 is 0. The van der Waals surface area contributed by atoms with Crippen LogP contribution in [0, 0.1) is 6.92 Å². The zero-order valence-corrected chi connectivity index (χ0v) is 22.9. The largest absolute Gasteiger partial charge is 0.444 e.